The minimum atomic E-state index is -0.502. The van der Waals surface area contributed by atoms with E-state index in [1.54, 1.807) is 6.07 Å². The van der Waals surface area contributed by atoms with Crippen LogP contribution in [0.5, 0.6) is 11.5 Å². The van der Waals surface area contributed by atoms with Crippen molar-refractivity contribution in [3.05, 3.63) is 53.1 Å². The molecule has 0 saturated carbocycles. The van der Waals surface area contributed by atoms with Gasteiger partial charge in [0.25, 0.3) is 0 Å². The van der Waals surface area contributed by atoms with E-state index in [4.69, 9.17) is 21.1 Å². The third-order valence-electron chi connectivity index (χ3n) is 3.53. The van der Waals surface area contributed by atoms with Gasteiger partial charge in [-0.3, -0.25) is 0 Å². The van der Waals surface area contributed by atoms with Crippen molar-refractivity contribution >= 4 is 29.5 Å². The molecule has 0 atom stereocenters. The van der Waals surface area contributed by atoms with Crippen molar-refractivity contribution in [1.82, 2.24) is 5.32 Å². The molecule has 1 amide bonds. The molecule has 0 saturated heterocycles. The minimum absolute atomic E-state index is 0.275. The molecule has 1 N–H and O–H groups in total. The van der Waals surface area contributed by atoms with E-state index in [1.807, 2.05) is 50.2 Å². The highest BCUT2D eigenvalue weighted by Crippen LogP contribution is 2.41. The molecule has 0 fully saturated rings. The van der Waals surface area contributed by atoms with Gasteiger partial charge in [0.15, 0.2) is 11.5 Å². The summed E-state index contributed by atoms with van der Waals surface area (Å²) in [6.07, 6.45) is 0.297. The Hall–Kier alpha value is -1.85. The van der Waals surface area contributed by atoms with E-state index in [0.717, 1.165) is 16.9 Å². The van der Waals surface area contributed by atoms with Crippen molar-refractivity contribution in [3.8, 4) is 11.5 Å². The van der Waals surface area contributed by atoms with Crippen LogP contribution in [0.4, 0.5) is 4.79 Å². The largest absolute Gasteiger partial charge is 0.483 e. The molecule has 1 aliphatic rings. The van der Waals surface area contributed by atoms with Crippen molar-refractivity contribution in [2.75, 3.05) is 5.88 Å². The molecule has 24 heavy (non-hydrogen) atoms. The molecule has 0 aromatic heterocycles. The fourth-order valence-corrected chi connectivity index (χ4v) is 3.32. The highest BCUT2D eigenvalue weighted by atomic mass is 35.5. The number of carbonyl (C=O) groups is 1. The van der Waals surface area contributed by atoms with E-state index in [0.29, 0.717) is 22.4 Å². The normalized spacial score (nSPS) is 14.6. The van der Waals surface area contributed by atoms with Gasteiger partial charge >= 0.3 is 6.09 Å². The third-order valence-corrected chi connectivity index (χ3v) is 4.67. The number of rotatable bonds is 4. The second-order valence-corrected chi connectivity index (χ2v) is 7.58. The van der Waals surface area contributed by atoms with Crippen molar-refractivity contribution < 1.29 is 14.3 Å². The van der Waals surface area contributed by atoms with Gasteiger partial charge in [0.1, 0.15) is 5.60 Å². The van der Waals surface area contributed by atoms with Crippen LogP contribution in [0.2, 0.25) is 5.02 Å². The summed E-state index contributed by atoms with van der Waals surface area (Å²) in [5.74, 6) is 1.51. The molecule has 126 valence electrons. The van der Waals surface area contributed by atoms with Gasteiger partial charge in [0, 0.05) is 21.9 Å². The third kappa shape index (κ3) is 4.16. The molecule has 0 aliphatic carbocycles. The number of hydrogen-bond donors (Lipinski definition) is 1. The summed E-state index contributed by atoms with van der Waals surface area (Å²) in [4.78, 5) is 13.0. The van der Waals surface area contributed by atoms with Crippen molar-refractivity contribution in [2.24, 2.45) is 0 Å². The Morgan fingerprint density at radius 2 is 2.04 bits per heavy atom. The van der Waals surface area contributed by atoms with Gasteiger partial charge in [-0.2, -0.15) is 0 Å². The van der Waals surface area contributed by atoms with Crippen LogP contribution >= 0.6 is 23.4 Å². The molecule has 2 aromatic carbocycles. The zero-order chi connectivity index (χ0) is 17.2. The number of halogens is 1. The summed E-state index contributed by atoms with van der Waals surface area (Å²) in [6, 6.07) is 13.0. The van der Waals surface area contributed by atoms with Crippen molar-refractivity contribution in [1.29, 1.82) is 0 Å². The van der Waals surface area contributed by atoms with Gasteiger partial charge < -0.3 is 14.8 Å². The van der Waals surface area contributed by atoms with Crippen molar-refractivity contribution in [2.45, 2.75) is 30.8 Å². The van der Waals surface area contributed by atoms with Crippen LogP contribution in [-0.2, 0) is 6.42 Å². The van der Waals surface area contributed by atoms with Gasteiger partial charge in [-0.05, 0) is 44.2 Å². The number of thioether (sulfide) groups is 1. The Morgan fingerprint density at radius 1 is 1.29 bits per heavy atom. The highest BCUT2D eigenvalue weighted by molar-refractivity contribution is 7.99. The van der Waals surface area contributed by atoms with Crippen LogP contribution < -0.4 is 14.8 Å². The predicted octanol–water partition coefficient (Wildman–Crippen LogP) is 4.89. The van der Waals surface area contributed by atoms with E-state index in [1.165, 1.54) is 11.8 Å². The Labute approximate surface area is 150 Å². The first-order chi connectivity index (χ1) is 11.4. The average molecular weight is 364 g/mol. The van der Waals surface area contributed by atoms with Crippen LogP contribution in [0, 0.1) is 0 Å². The molecule has 0 bridgehead atoms. The maximum Gasteiger partial charge on any atom is 0.413 e. The van der Waals surface area contributed by atoms with Gasteiger partial charge in [0.2, 0.25) is 0 Å². The van der Waals surface area contributed by atoms with Crippen LogP contribution in [0.3, 0.4) is 0 Å². The fraction of sp³-hybridized carbons (Fsp3) is 0.278. The monoisotopic (exact) mass is 363 g/mol. The number of para-hydroxylation sites is 1. The smallest absolute Gasteiger partial charge is 0.413 e. The Morgan fingerprint density at radius 3 is 2.79 bits per heavy atom. The number of hydrogen-bond acceptors (Lipinski definition) is 4. The van der Waals surface area contributed by atoms with Gasteiger partial charge in [0.05, 0.1) is 5.88 Å². The first-order valence-electron chi connectivity index (χ1n) is 7.58. The Bertz CT molecular complexity index is 746. The molecule has 0 radical (unpaired) electrons. The second kappa shape index (κ2) is 6.95. The number of carbonyl (C=O) groups excluding carboxylic acids is 1. The molecule has 4 nitrogen and oxygen atoms in total. The van der Waals surface area contributed by atoms with E-state index in [9.17, 15) is 4.79 Å². The number of benzene rings is 2. The molecular formula is C18H18ClNO3S. The van der Waals surface area contributed by atoms with Crippen LogP contribution in [0.15, 0.2) is 47.4 Å². The molecule has 0 spiro atoms. The lowest BCUT2D eigenvalue weighted by molar-refractivity contribution is 0.133. The number of fused-ring (bicyclic) bond motifs is 1. The average Bonchev–Trinajstić information content (AvgIpc) is 2.84. The number of ether oxygens (including phenoxy) is 2. The SMILES string of the molecule is CC1(C)Cc2cccc(OC(=O)NCSc3ccc(Cl)cc3)c2O1. The Balaban J connectivity index is 1.55. The topological polar surface area (TPSA) is 47.6 Å². The molecule has 0 unspecified atom stereocenters. The molecular weight excluding hydrogens is 346 g/mol. The van der Waals surface area contributed by atoms with Gasteiger partial charge in [-0.1, -0.05) is 23.7 Å². The summed E-state index contributed by atoms with van der Waals surface area (Å²) in [7, 11) is 0. The van der Waals surface area contributed by atoms with Crippen LogP contribution in [-0.4, -0.2) is 17.6 Å². The van der Waals surface area contributed by atoms with Crippen LogP contribution in [0.1, 0.15) is 19.4 Å². The van der Waals surface area contributed by atoms with E-state index in [2.05, 4.69) is 5.32 Å². The summed E-state index contributed by atoms with van der Waals surface area (Å²) in [5.41, 5.74) is 0.781. The second-order valence-electron chi connectivity index (χ2n) is 6.09. The maximum absolute atomic E-state index is 12.0. The zero-order valence-corrected chi connectivity index (χ0v) is 15.0. The number of amides is 1. The lowest BCUT2D eigenvalue weighted by Crippen LogP contribution is -2.27. The standard InChI is InChI=1S/C18H18ClNO3S/c1-18(2)10-12-4-3-5-15(16(12)23-18)22-17(21)20-11-24-14-8-6-13(19)7-9-14/h3-9H,10-11H2,1-2H3,(H,20,21). The van der Waals surface area contributed by atoms with Gasteiger partial charge in [-0.15, -0.1) is 11.8 Å². The van der Waals surface area contributed by atoms with Crippen molar-refractivity contribution in [3.63, 3.8) is 0 Å². The quantitative estimate of drug-likeness (QED) is 0.620. The first kappa shape index (κ1) is 17.0. The minimum Gasteiger partial charge on any atom is -0.483 e. The molecule has 6 heteroatoms. The summed E-state index contributed by atoms with van der Waals surface area (Å²) < 4.78 is 11.3. The summed E-state index contributed by atoms with van der Waals surface area (Å²) >= 11 is 7.33. The maximum atomic E-state index is 12.0. The number of nitrogens with one attached hydrogen (secondary N) is 1. The van der Waals surface area contributed by atoms with E-state index >= 15 is 0 Å². The summed E-state index contributed by atoms with van der Waals surface area (Å²) in [6.45, 7) is 4.03. The van der Waals surface area contributed by atoms with Crippen LogP contribution in [0.25, 0.3) is 0 Å². The molecule has 1 aliphatic heterocycles. The van der Waals surface area contributed by atoms with E-state index in [-0.39, 0.29) is 5.60 Å². The Kier molecular flexibility index (Phi) is 4.92. The first-order valence-corrected chi connectivity index (χ1v) is 8.94. The highest BCUT2D eigenvalue weighted by Gasteiger charge is 2.32. The van der Waals surface area contributed by atoms with Gasteiger partial charge in [-0.25, -0.2) is 4.79 Å². The zero-order valence-electron chi connectivity index (χ0n) is 13.5. The summed E-state index contributed by atoms with van der Waals surface area (Å²) in [5, 5.41) is 3.41. The molecule has 1 heterocycles. The lowest BCUT2D eigenvalue weighted by atomic mass is 10.0. The van der Waals surface area contributed by atoms with E-state index < -0.39 is 6.09 Å². The fourth-order valence-electron chi connectivity index (χ4n) is 2.51. The molecule has 3 rings (SSSR count). The molecule has 2 aromatic rings. The lowest BCUT2D eigenvalue weighted by Gasteiger charge is -2.18. The predicted molar refractivity (Wildman–Crippen MR) is 96.2 cm³/mol.